The highest BCUT2D eigenvalue weighted by molar-refractivity contribution is 5.93. The highest BCUT2D eigenvalue weighted by Crippen LogP contribution is 2.25. The van der Waals surface area contributed by atoms with Gasteiger partial charge in [-0.2, -0.15) is 5.10 Å². The molecule has 5 rings (SSSR count). The average molecular weight is 442 g/mol. The van der Waals surface area contributed by atoms with E-state index in [-0.39, 0.29) is 12.5 Å². The van der Waals surface area contributed by atoms with Gasteiger partial charge in [0.25, 0.3) is 0 Å². The summed E-state index contributed by atoms with van der Waals surface area (Å²) in [6.07, 6.45) is 3.32. The zero-order valence-corrected chi connectivity index (χ0v) is 18.9. The van der Waals surface area contributed by atoms with Crippen LogP contribution in [-0.2, 0) is 11.3 Å². The van der Waals surface area contributed by atoms with Gasteiger partial charge in [-0.05, 0) is 43.2 Å². The minimum atomic E-state index is -0.134. The lowest BCUT2D eigenvalue weighted by atomic mass is 10.1. The molecule has 1 amide bonds. The van der Waals surface area contributed by atoms with Gasteiger partial charge < -0.3 is 15.1 Å². The molecular weight excluding hydrogens is 414 g/mol. The molecule has 1 saturated heterocycles. The van der Waals surface area contributed by atoms with Crippen molar-refractivity contribution >= 4 is 34.1 Å². The summed E-state index contributed by atoms with van der Waals surface area (Å²) >= 11 is 0. The molecule has 0 saturated carbocycles. The number of aryl methyl sites for hydroxylation is 1. The second kappa shape index (κ2) is 8.90. The van der Waals surface area contributed by atoms with Crippen LogP contribution in [0.1, 0.15) is 11.1 Å². The van der Waals surface area contributed by atoms with Crippen molar-refractivity contribution in [2.24, 2.45) is 0 Å². The maximum Gasteiger partial charge on any atom is 0.246 e. The number of nitrogens with zero attached hydrogens (tertiary/aromatic N) is 6. The number of fused-ring (bicyclic) bond motifs is 1. The Balaban J connectivity index is 1.30. The van der Waals surface area contributed by atoms with Gasteiger partial charge in [-0.25, -0.2) is 14.6 Å². The highest BCUT2D eigenvalue weighted by Gasteiger charge is 2.22. The SMILES string of the molecule is Cc1cccc(NC(=O)Cn2ncc3c(N4CCN(c5ccccc5)CC4)ncnc32)c1C. The van der Waals surface area contributed by atoms with Gasteiger partial charge in [-0.3, -0.25) is 4.79 Å². The first-order valence-electron chi connectivity index (χ1n) is 11.2. The minimum absolute atomic E-state index is 0.0924. The van der Waals surface area contributed by atoms with E-state index in [1.165, 1.54) is 5.69 Å². The van der Waals surface area contributed by atoms with Gasteiger partial charge in [-0.1, -0.05) is 30.3 Å². The predicted molar refractivity (Wildman–Crippen MR) is 131 cm³/mol. The molecule has 0 unspecified atom stereocenters. The van der Waals surface area contributed by atoms with Crippen LogP contribution in [0.4, 0.5) is 17.2 Å². The van der Waals surface area contributed by atoms with Gasteiger partial charge in [0.05, 0.1) is 11.6 Å². The molecule has 2 aromatic heterocycles. The lowest BCUT2D eigenvalue weighted by Gasteiger charge is -2.36. The van der Waals surface area contributed by atoms with Crippen LogP contribution in [-0.4, -0.2) is 51.8 Å². The van der Waals surface area contributed by atoms with Crippen LogP contribution in [0.15, 0.2) is 61.1 Å². The molecule has 8 nitrogen and oxygen atoms in total. The van der Waals surface area contributed by atoms with Crippen molar-refractivity contribution in [1.82, 2.24) is 19.7 Å². The Morgan fingerprint density at radius 1 is 0.939 bits per heavy atom. The monoisotopic (exact) mass is 441 g/mol. The molecule has 4 aromatic rings. The number of piperazine rings is 1. The highest BCUT2D eigenvalue weighted by atomic mass is 16.2. The molecule has 0 aliphatic carbocycles. The molecule has 0 bridgehead atoms. The molecule has 2 aromatic carbocycles. The van der Waals surface area contributed by atoms with Gasteiger partial charge >= 0.3 is 0 Å². The van der Waals surface area contributed by atoms with Gasteiger partial charge in [0, 0.05) is 37.6 Å². The van der Waals surface area contributed by atoms with Crippen molar-refractivity contribution in [1.29, 1.82) is 0 Å². The van der Waals surface area contributed by atoms with Crippen LogP contribution in [0.5, 0.6) is 0 Å². The predicted octanol–water partition coefficient (Wildman–Crippen LogP) is 3.41. The summed E-state index contributed by atoms with van der Waals surface area (Å²) in [5.41, 5.74) is 4.94. The molecule has 3 heterocycles. The van der Waals surface area contributed by atoms with E-state index in [0.29, 0.717) is 5.65 Å². The molecule has 1 aliphatic heterocycles. The Morgan fingerprint density at radius 3 is 2.48 bits per heavy atom. The number of carbonyl (C=O) groups is 1. The molecule has 33 heavy (non-hydrogen) atoms. The molecule has 0 spiro atoms. The van der Waals surface area contributed by atoms with E-state index >= 15 is 0 Å². The zero-order chi connectivity index (χ0) is 22.8. The van der Waals surface area contributed by atoms with Crippen LogP contribution >= 0.6 is 0 Å². The first-order valence-corrected chi connectivity index (χ1v) is 11.2. The number of benzene rings is 2. The van der Waals surface area contributed by atoms with E-state index in [0.717, 1.165) is 54.2 Å². The van der Waals surface area contributed by atoms with E-state index in [2.05, 4.69) is 54.4 Å². The molecular formula is C25H27N7O. The molecule has 1 fully saturated rings. The molecule has 1 aliphatic rings. The lowest BCUT2D eigenvalue weighted by Crippen LogP contribution is -2.46. The topological polar surface area (TPSA) is 79.2 Å². The molecule has 8 heteroatoms. The average Bonchev–Trinajstić information content (AvgIpc) is 3.25. The maximum atomic E-state index is 12.7. The Labute approximate surface area is 192 Å². The van der Waals surface area contributed by atoms with Gasteiger partial charge in [-0.15, -0.1) is 0 Å². The number of para-hydroxylation sites is 1. The van der Waals surface area contributed by atoms with E-state index < -0.39 is 0 Å². The van der Waals surface area contributed by atoms with Crippen molar-refractivity contribution in [3.8, 4) is 0 Å². The number of amides is 1. The van der Waals surface area contributed by atoms with Gasteiger partial charge in [0.2, 0.25) is 5.91 Å². The fourth-order valence-corrected chi connectivity index (χ4v) is 4.28. The number of anilines is 3. The summed E-state index contributed by atoms with van der Waals surface area (Å²) in [5.74, 6) is 0.735. The smallest absolute Gasteiger partial charge is 0.246 e. The number of carbonyl (C=O) groups excluding carboxylic acids is 1. The van der Waals surface area contributed by atoms with Crippen molar-refractivity contribution in [3.63, 3.8) is 0 Å². The molecule has 168 valence electrons. The number of rotatable bonds is 5. The van der Waals surface area contributed by atoms with E-state index in [4.69, 9.17) is 0 Å². The van der Waals surface area contributed by atoms with Crippen molar-refractivity contribution < 1.29 is 4.79 Å². The Bertz CT molecular complexity index is 1280. The quantitative estimate of drug-likeness (QED) is 0.511. The van der Waals surface area contributed by atoms with Crippen molar-refractivity contribution in [2.75, 3.05) is 41.3 Å². The summed E-state index contributed by atoms with van der Waals surface area (Å²) in [4.78, 5) is 26.3. The van der Waals surface area contributed by atoms with Crippen LogP contribution in [0, 0.1) is 13.8 Å². The van der Waals surface area contributed by atoms with Crippen LogP contribution in [0.3, 0.4) is 0 Å². The van der Waals surface area contributed by atoms with E-state index in [1.54, 1.807) is 17.2 Å². The Kier molecular flexibility index (Phi) is 5.64. The minimum Gasteiger partial charge on any atom is -0.368 e. The summed E-state index contributed by atoms with van der Waals surface area (Å²) < 4.78 is 1.64. The largest absolute Gasteiger partial charge is 0.368 e. The molecule has 0 atom stereocenters. The third-order valence-corrected chi connectivity index (χ3v) is 6.29. The summed E-state index contributed by atoms with van der Waals surface area (Å²) in [5, 5.41) is 8.31. The first-order chi connectivity index (χ1) is 16.1. The van der Waals surface area contributed by atoms with Crippen molar-refractivity contribution in [3.05, 3.63) is 72.2 Å². The normalized spacial score (nSPS) is 14.0. The lowest BCUT2D eigenvalue weighted by molar-refractivity contribution is -0.116. The third kappa shape index (κ3) is 4.24. The maximum absolute atomic E-state index is 12.7. The van der Waals surface area contributed by atoms with Crippen LogP contribution in [0.2, 0.25) is 0 Å². The number of hydrogen-bond donors (Lipinski definition) is 1. The van der Waals surface area contributed by atoms with Gasteiger partial charge in [0.15, 0.2) is 5.65 Å². The standard InChI is InChI=1S/C25H27N7O/c1-18-7-6-10-22(19(18)2)29-23(33)16-32-25-21(15-28-32)24(26-17-27-25)31-13-11-30(12-14-31)20-8-4-3-5-9-20/h3-10,15,17H,11-14,16H2,1-2H3,(H,29,33). The zero-order valence-electron chi connectivity index (χ0n) is 18.9. The summed E-state index contributed by atoms with van der Waals surface area (Å²) in [6, 6.07) is 16.4. The van der Waals surface area contributed by atoms with Crippen molar-refractivity contribution in [2.45, 2.75) is 20.4 Å². The van der Waals surface area contributed by atoms with Crippen LogP contribution in [0.25, 0.3) is 11.0 Å². The Morgan fingerprint density at radius 2 is 1.70 bits per heavy atom. The summed E-state index contributed by atoms with van der Waals surface area (Å²) in [6.45, 7) is 7.69. The number of nitrogens with one attached hydrogen (secondary N) is 1. The first kappa shape index (κ1) is 20.9. The number of aromatic nitrogens is 4. The molecule has 0 radical (unpaired) electrons. The van der Waals surface area contributed by atoms with E-state index in [1.807, 2.05) is 38.1 Å². The second-order valence-electron chi connectivity index (χ2n) is 8.34. The number of hydrogen-bond acceptors (Lipinski definition) is 6. The molecule has 1 N–H and O–H groups in total. The third-order valence-electron chi connectivity index (χ3n) is 6.29. The fraction of sp³-hybridized carbons (Fsp3) is 0.280. The van der Waals surface area contributed by atoms with Crippen LogP contribution < -0.4 is 15.1 Å². The summed E-state index contributed by atoms with van der Waals surface area (Å²) in [7, 11) is 0. The van der Waals surface area contributed by atoms with E-state index in [9.17, 15) is 4.79 Å². The fourth-order valence-electron chi connectivity index (χ4n) is 4.28. The van der Waals surface area contributed by atoms with Gasteiger partial charge in [0.1, 0.15) is 18.7 Å². The Hall–Kier alpha value is -3.94. The second-order valence-corrected chi connectivity index (χ2v) is 8.34.